The van der Waals surface area contributed by atoms with E-state index in [1.807, 2.05) is 0 Å². The number of ketones is 1. The Morgan fingerprint density at radius 3 is 2.47 bits per heavy atom. The lowest BCUT2D eigenvalue weighted by Crippen LogP contribution is -2.21. The molecule has 86 valence electrons. The largest absolute Gasteiger partial charge is 0.303 e. The van der Waals surface area contributed by atoms with Crippen molar-refractivity contribution in [2.24, 2.45) is 5.92 Å². The fourth-order valence-electron chi connectivity index (χ4n) is 2.90. The molecule has 2 rings (SSSR count). The van der Waals surface area contributed by atoms with Crippen LogP contribution in [0, 0.1) is 5.92 Å². The predicted octanol–water partition coefficient (Wildman–Crippen LogP) is 2.62. The molecular weight excluding hydrogens is 186 g/mol. The van der Waals surface area contributed by atoms with Gasteiger partial charge in [-0.1, -0.05) is 0 Å². The number of rotatable bonds is 4. The maximum atomic E-state index is 11.1. The molecule has 1 saturated carbocycles. The van der Waals surface area contributed by atoms with Crippen LogP contribution in [0.5, 0.6) is 0 Å². The molecule has 1 aliphatic carbocycles. The predicted molar refractivity (Wildman–Crippen MR) is 61.9 cm³/mol. The molecular formula is C13H23NO. The summed E-state index contributed by atoms with van der Waals surface area (Å²) in [5.74, 6) is 1.34. The van der Waals surface area contributed by atoms with Gasteiger partial charge in [0.2, 0.25) is 0 Å². The molecule has 0 unspecified atom stereocenters. The standard InChI is InChI=1S/C13H23NO/c15-13-7-5-12(6-8-13)4-3-11-14-9-1-2-10-14/h12H,1-11H2. The maximum absolute atomic E-state index is 11.1. The third-order valence-electron chi connectivity index (χ3n) is 3.95. The summed E-state index contributed by atoms with van der Waals surface area (Å²) in [5.41, 5.74) is 0. The highest BCUT2D eigenvalue weighted by molar-refractivity contribution is 5.78. The first-order chi connectivity index (χ1) is 7.34. The molecule has 15 heavy (non-hydrogen) atoms. The number of hydrogen-bond donors (Lipinski definition) is 0. The monoisotopic (exact) mass is 209 g/mol. The van der Waals surface area contributed by atoms with Gasteiger partial charge >= 0.3 is 0 Å². The van der Waals surface area contributed by atoms with Crippen LogP contribution in [0.25, 0.3) is 0 Å². The Morgan fingerprint density at radius 1 is 1.13 bits per heavy atom. The number of Topliss-reactive ketones (excluding diaryl/α,β-unsaturated/α-hetero) is 1. The van der Waals surface area contributed by atoms with E-state index in [0.29, 0.717) is 5.78 Å². The molecule has 0 aromatic rings. The number of carbonyl (C=O) groups is 1. The van der Waals surface area contributed by atoms with Gasteiger partial charge in [-0.05, 0) is 64.1 Å². The third kappa shape index (κ3) is 3.60. The quantitative estimate of drug-likeness (QED) is 0.709. The van der Waals surface area contributed by atoms with Gasteiger partial charge in [-0.15, -0.1) is 0 Å². The highest BCUT2D eigenvalue weighted by Crippen LogP contribution is 2.25. The SMILES string of the molecule is O=C1CCC(CCCN2CCCC2)CC1. The second-order valence-corrected chi connectivity index (χ2v) is 5.17. The average Bonchev–Trinajstić information content (AvgIpc) is 2.74. The van der Waals surface area contributed by atoms with Crippen molar-refractivity contribution in [2.75, 3.05) is 19.6 Å². The summed E-state index contributed by atoms with van der Waals surface area (Å²) in [4.78, 5) is 13.7. The number of carbonyl (C=O) groups excluding carboxylic acids is 1. The lowest BCUT2D eigenvalue weighted by Gasteiger charge is -2.22. The van der Waals surface area contributed by atoms with Crippen molar-refractivity contribution in [2.45, 2.75) is 51.4 Å². The summed E-state index contributed by atoms with van der Waals surface area (Å²) in [5, 5.41) is 0. The lowest BCUT2D eigenvalue weighted by atomic mass is 9.85. The van der Waals surface area contributed by atoms with Gasteiger partial charge in [0.15, 0.2) is 0 Å². The van der Waals surface area contributed by atoms with Gasteiger partial charge in [-0.3, -0.25) is 4.79 Å². The molecule has 1 saturated heterocycles. The minimum absolute atomic E-state index is 0.491. The molecule has 1 aliphatic heterocycles. The van der Waals surface area contributed by atoms with E-state index in [2.05, 4.69) is 4.90 Å². The Hall–Kier alpha value is -0.370. The van der Waals surface area contributed by atoms with Crippen LogP contribution in [0.3, 0.4) is 0 Å². The van der Waals surface area contributed by atoms with Crippen LogP contribution in [0.4, 0.5) is 0 Å². The molecule has 2 nitrogen and oxygen atoms in total. The van der Waals surface area contributed by atoms with Crippen LogP contribution in [0.2, 0.25) is 0 Å². The van der Waals surface area contributed by atoms with E-state index in [1.54, 1.807) is 0 Å². The first-order valence-electron chi connectivity index (χ1n) is 6.58. The summed E-state index contributed by atoms with van der Waals surface area (Å²) in [6, 6.07) is 0. The molecule has 2 fully saturated rings. The topological polar surface area (TPSA) is 20.3 Å². The molecule has 0 N–H and O–H groups in total. The van der Waals surface area contributed by atoms with Crippen LogP contribution in [0.15, 0.2) is 0 Å². The van der Waals surface area contributed by atoms with Crippen molar-refractivity contribution in [1.82, 2.24) is 4.90 Å². The van der Waals surface area contributed by atoms with E-state index in [0.717, 1.165) is 18.8 Å². The Kier molecular flexibility index (Phi) is 4.18. The normalized spacial score (nSPS) is 24.9. The fraction of sp³-hybridized carbons (Fsp3) is 0.923. The van der Waals surface area contributed by atoms with E-state index in [1.165, 1.54) is 58.2 Å². The first kappa shape index (κ1) is 11.1. The van der Waals surface area contributed by atoms with Crippen LogP contribution < -0.4 is 0 Å². The summed E-state index contributed by atoms with van der Waals surface area (Å²) in [6.07, 6.45) is 9.54. The zero-order valence-electron chi connectivity index (χ0n) is 9.71. The molecule has 0 radical (unpaired) electrons. The van der Waals surface area contributed by atoms with Crippen molar-refractivity contribution < 1.29 is 4.79 Å². The molecule has 0 spiro atoms. The van der Waals surface area contributed by atoms with Crippen molar-refractivity contribution in [3.05, 3.63) is 0 Å². The Labute approximate surface area is 93.0 Å². The van der Waals surface area contributed by atoms with Crippen molar-refractivity contribution >= 4 is 5.78 Å². The van der Waals surface area contributed by atoms with E-state index in [4.69, 9.17) is 0 Å². The molecule has 2 aliphatic rings. The number of likely N-dealkylation sites (tertiary alicyclic amines) is 1. The smallest absolute Gasteiger partial charge is 0.132 e. The summed E-state index contributed by atoms with van der Waals surface area (Å²) in [7, 11) is 0. The van der Waals surface area contributed by atoms with Gasteiger partial charge in [0.1, 0.15) is 5.78 Å². The molecule has 0 atom stereocenters. The summed E-state index contributed by atoms with van der Waals surface area (Å²) < 4.78 is 0. The second kappa shape index (κ2) is 5.64. The molecule has 0 amide bonds. The Bertz CT molecular complexity index is 199. The molecule has 2 heteroatoms. The molecule has 1 heterocycles. The van der Waals surface area contributed by atoms with Gasteiger partial charge in [-0.25, -0.2) is 0 Å². The van der Waals surface area contributed by atoms with E-state index in [-0.39, 0.29) is 0 Å². The molecule has 0 aromatic carbocycles. The van der Waals surface area contributed by atoms with E-state index >= 15 is 0 Å². The van der Waals surface area contributed by atoms with Crippen molar-refractivity contribution in [1.29, 1.82) is 0 Å². The Morgan fingerprint density at radius 2 is 1.80 bits per heavy atom. The maximum Gasteiger partial charge on any atom is 0.132 e. The highest BCUT2D eigenvalue weighted by atomic mass is 16.1. The third-order valence-corrected chi connectivity index (χ3v) is 3.95. The Balaban J connectivity index is 1.55. The number of hydrogen-bond acceptors (Lipinski definition) is 2. The summed E-state index contributed by atoms with van der Waals surface area (Å²) in [6.45, 7) is 3.94. The van der Waals surface area contributed by atoms with Crippen molar-refractivity contribution in [3.8, 4) is 0 Å². The molecule has 0 aromatic heterocycles. The van der Waals surface area contributed by atoms with Crippen LogP contribution >= 0.6 is 0 Å². The summed E-state index contributed by atoms with van der Waals surface area (Å²) >= 11 is 0. The van der Waals surface area contributed by atoms with Gasteiger partial charge in [0, 0.05) is 12.8 Å². The minimum atomic E-state index is 0.491. The average molecular weight is 209 g/mol. The molecule has 0 bridgehead atoms. The fourth-order valence-corrected chi connectivity index (χ4v) is 2.90. The first-order valence-corrected chi connectivity index (χ1v) is 6.58. The van der Waals surface area contributed by atoms with Gasteiger partial charge in [0.25, 0.3) is 0 Å². The van der Waals surface area contributed by atoms with Crippen LogP contribution in [-0.4, -0.2) is 30.3 Å². The van der Waals surface area contributed by atoms with Gasteiger partial charge in [0.05, 0.1) is 0 Å². The van der Waals surface area contributed by atoms with E-state index in [9.17, 15) is 4.79 Å². The minimum Gasteiger partial charge on any atom is -0.303 e. The van der Waals surface area contributed by atoms with Gasteiger partial charge in [-0.2, -0.15) is 0 Å². The van der Waals surface area contributed by atoms with Crippen molar-refractivity contribution in [3.63, 3.8) is 0 Å². The zero-order chi connectivity index (χ0) is 10.5. The van der Waals surface area contributed by atoms with Crippen LogP contribution in [-0.2, 0) is 4.79 Å². The number of nitrogens with zero attached hydrogens (tertiary/aromatic N) is 1. The lowest BCUT2D eigenvalue weighted by molar-refractivity contribution is -0.121. The van der Waals surface area contributed by atoms with Crippen LogP contribution in [0.1, 0.15) is 51.4 Å². The zero-order valence-corrected chi connectivity index (χ0v) is 9.71. The van der Waals surface area contributed by atoms with Gasteiger partial charge < -0.3 is 4.90 Å². The highest BCUT2D eigenvalue weighted by Gasteiger charge is 2.18. The second-order valence-electron chi connectivity index (χ2n) is 5.17. The van der Waals surface area contributed by atoms with E-state index < -0.39 is 0 Å².